The van der Waals surface area contributed by atoms with Gasteiger partial charge in [0.05, 0.1) is 19.1 Å². The molecule has 1 aliphatic rings. The number of hydrogen-bond acceptors (Lipinski definition) is 7. The Balaban J connectivity index is 3.05. The van der Waals surface area contributed by atoms with E-state index >= 15 is 0 Å². The highest BCUT2D eigenvalue weighted by Gasteiger charge is 2.46. The van der Waals surface area contributed by atoms with E-state index < -0.39 is 41.8 Å². The molecule has 1 aliphatic heterocycles. The Hall–Kier alpha value is -1.73. The minimum atomic E-state index is -1.14. The molecule has 0 bridgehead atoms. The molecular weight excluding hydrogens is 316 g/mol. The van der Waals surface area contributed by atoms with Gasteiger partial charge >= 0.3 is 11.9 Å². The first-order valence-corrected chi connectivity index (χ1v) is 7.78. The van der Waals surface area contributed by atoms with Crippen molar-refractivity contribution < 1.29 is 33.3 Å². The summed E-state index contributed by atoms with van der Waals surface area (Å²) in [5.41, 5.74) is -0.622. The number of ketones is 1. The summed E-state index contributed by atoms with van der Waals surface area (Å²) in [5, 5.41) is 0. The Bertz CT molecular complexity index is 492. The molecule has 0 aromatic rings. The standard InChI is InChI=1S/C17H26O7/c1-7-11-12(8-14(19)21-6)15(20)16(24-17(3,4)5)23-13(11)9-22-10(2)18/h7,11-13,16H,1,8-9H2,2-6H3/t11-,12+,13-,16-/m1/s1. The molecule has 0 saturated carbocycles. The molecule has 0 unspecified atom stereocenters. The largest absolute Gasteiger partial charge is 0.469 e. The number of rotatable bonds is 6. The summed E-state index contributed by atoms with van der Waals surface area (Å²) in [7, 11) is 1.26. The van der Waals surface area contributed by atoms with Crippen molar-refractivity contribution in [2.75, 3.05) is 13.7 Å². The molecule has 24 heavy (non-hydrogen) atoms. The molecule has 7 heteroatoms. The van der Waals surface area contributed by atoms with E-state index in [4.69, 9.17) is 14.2 Å². The monoisotopic (exact) mass is 342 g/mol. The van der Waals surface area contributed by atoms with Crippen molar-refractivity contribution in [3.8, 4) is 0 Å². The summed E-state index contributed by atoms with van der Waals surface area (Å²) < 4.78 is 21.1. The van der Waals surface area contributed by atoms with Gasteiger partial charge in [-0.25, -0.2) is 0 Å². The summed E-state index contributed by atoms with van der Waals surface area (Å²) >= 11 is 0. The number of methoxy groups -OCH3 is 1. The van der Waals surface area contributed by atoms with Gasteiger partial charge < -0.3 is 18.9 Å². The fourth-order valence-corrected chi connectivity index (χ4v) is 2.51. The summed E-state index contributed by atoms with van der Waals surface area (Å²) in [6, 6.07) is 0. The van der Waals surface area contributed by atoms with Crippen LogP contribution in [0.15, 0.2) is 12.7 Å². The highest BCUT2D eigenvalue weighted by molar-refractivity contribution is 5.89. The number of hydrogen-bond donors (Lipinski definition) is 0. The third-order valence-corrected chi connectivity index (χ3v) is 3.59. The minimum absolute atomic E-state index is 0.0546. The van der Waals surface area contributed by atoms with Crippen LogP contribution in [-0.2, 0) is 33.3 Å². The van der Waals surface area contributed by atoms with Crippen LogP contribution in [0.5, 0.6) is 0 Å². The van der Waals surface area contributed by atoms with Crippen molar-refractivity contribution >= 4 is 17.7 Å². The summed E-state index contributed by atoms with van der Waals surface area (Å²) in [6.45, 7) is 10.3. The molecule has 0 aliphatic carbocycles. The van der Waals surface area contributed by atoms with Crippen LogP contribution in [0.4, 0.5) is 0 Å². The Kier molecular flexibility index (Phi) is 7.10. The van der Waals surface area contributed by atoms with Crippen LogP contribution >= 0.6 is 0 Å². The second kappa shape index (κ2) is 8.39. The fraction of sp³-hybridized carbons (Fsp3) is 0.706. The summed E-state index contributed by atoms with van der Waals surface area (Å²) in [5.74, 6) is -2.52. The Labute approximate surface area is 142 Å². The average Bonchev–Trinajstić information content (AvgIpc) is 2.47. The van der Waals surface area contributed by atoms with E-state index in [1.54, 1.807) is 20.8 Å². The number of carbonyl (C=O) groups excluding carboxylic acids is 3. The lowest BCUT2D eigenvalue weighted by Gasteiger charge is -2.40. The van der Waals surface area contributed by atoms with Gasteiger partial charge in [0.25, 0.3) is 0 Å². The Morgan fingerprint density at radius 2 is 1.96 bits per heavy atom. The fourth-order valence-electron chi connectivity index (χ4n) is 2.51. The van der Waals surface area contributed by atoms with Gasteiger partial charge in [-0.3, -0.25) is 14.4 Å². The third kappa shape index (κ3) is 5.72. The van der Waals surface area contributed by atoms with Crippen molar-refractivity contribution in [1.82, 2.24) is 0 Å². The molecular formula is C17H26O7. The molecule has 0 amide bonds. The van der Waals surface area contributed by atoms with Crippen LogP contribution in [0.2, 0.25) is 0 Å². The molecule has 4 atom stereocenters. The molecule has 0 radical (unpaired) electrons. The van der Waals surface area contributed by atoms with Gasteiger partial charge in [0.1, 0.15) is 12.7 Å². The van der Waals surface area contributed by atoms with Gasteiger partial charge in [-0.05, 0) is 20.8 Å². The molecule has 136 valence electrons. The first-order chi connectivity index (χ1) is 11.1. The van der Waals surface area contributed by atoms with Gasteiger partial charge in [-0.2, -0.15) is 0 Å². The van der Waals surface area contributed by atoms with Crippen molar-refractivity contribution in [3.63, 3.8) is 0 Å². The summed E-state index contributed by atoms with van der Waals surface area (Å²) in [6.07, 6.45) is -0.356. The van der Waals surface area contributed by atoms with E-state index in [2.05, 4.69) is 11.3 Å². The highest BCUT2D eigenvalue weighted by atomic mass is 16.7. The molecule has 1 fully saturated rings. The smallest absolute Gasteiger partial charge is 0.306 e. The molecule has 0 spiro atoms. The minimum Gasteiger partial charge on any atom is -0.469 e. The molecule has 0 aromatic heterocycles. The van der Waals surface area contributed by atoms with Gasteiger partial charge in [-0.1, -0.05) is 6.08 Å². The third-order valence-electron chi connectivity index (χ3n) is 3.59. The maximum absolute atomic E-state index is 12.7. The Morgan fingerprint density at radius 1 is 1.33 bits per heavy atom. The van der Waals surface area contributed by atoms with Crippen molar-refractivity contribution in [2.24, 2.45) is 11.8 Å². The second-order valence-corrected chi connectivity index (χ2v) is 6.64. The van der Waals surface area contributed by atoms with Crippen molar-refractivity contribution in [1.29, 1.82) is 0 Å². The van der Waals surface area contributed by atoms with E-state index in [1.165, 1.54) is 20.1 Å². The normalized spacial score (nSPS) is 27.5. The number of esters is 2. The predicted octanol–water partition coefficient (Wildman–Crippen LogP) is 1.64. The second-order valence-electron chi connectivity index (χ2n) is 6.64. The zero-order valence-electron chi connectivity index (χ0n) is 14.9. The molecule has 1 rings (SSSR count). The lowest BCUT2D eigenvalue weighted by atomic mass is 9.80. The molecule has 1 saturated heterocycles. The maximum Gasteiger partial charge on any atom is 0.306 e. The van der Waals surface area contributed by atoms with E-state index in [0.717, 1.165) is 0 Å². The maximum atomic E-state index is 12.7. The SMILES string of the molecule is C=C[C@@H]1[C@H](CC(=O)OC)C(=O)[C@@H](OC(C)(C)C)O[C@@H]1COC(C)=O. The van der Waals surface area contributed by atoms with E-state index in [-0.39, 0.29) is 18.8 Å². The molecule has 0 aromatic carbocycles. The van der Waals surface area contributed by atoms with Gasteiger partial charge in [-0.15, -0.1) is 6.58 Å². The lowest BCUT2D eigenvalue weighted by molar-refractivity contribution is -0.243. The van der Waals surface area contributed by atoms with Crippen LogP contribution < -0.4 is 0 Å². The molecule has 7 nitrogen and oxygen atoms in total. The number of Topliss-reactive ketones (excluding diaryl/α,β-unsaturated/α-hetero) is 1. The summed E-state index contributed by atoms with van der Waals surface area (Å²) in [4.78, 5) is 35.5. The van der Waals surface area contributed by atoms with Crippen LogP contribution in [0, 0.1) is 11.8 Å². The molecule has 0 N–H and O–H groups in total. The van der Waals surface area contributed by atoms with Gasteiger partial charge in [0, 0.05) is 18.8 Å². The van der Waals surface area contributed by atoms with Crippen LogP contribution in [0.3, 0.4) is 0 Å². The highest BCUT2D eigenvalue weighted by Crippen LogP contribution is 2.34. The zero-order valence-corrected chi connectivity index (χ0v) is 14.9. The van der Waals surface area contributed by atoms with Crippen molar-refractivity contribution in [2.45, 2.75) is 52.1 Å². The topological polar surface area (TPSA) is 88.1 Å². The van der Waals surface area contributed by atoms with Crippen LogP contribution in [-0.4, -0.2) is 49.4 Å². The first-order valence-electron chi connectivity index (χ1n) is 7.78. The lowest BCUT2D eigenvalue weighted by Crippen LogP contribution is -2.52. The van der Waals surface area contributed by atoms with Gasteiger partial charge in [0.2, 0.25) is 6.29 Å². The van der Waals surface area contributed by atoms with E-state index in [0.29, 0.717) is 0 Å². The molecule has 1 heterocycles. The number of ether oxygens (including phenoxy) is 4. The predicted molar refractivity (Wildman–Crippen MR) is 84.9 cm³/mol. The Morgan fingerprint density at radius 3 is 2.42 bits per heavy atom. The van der Waals surface area contributed by atoms with Crippen LogP contribution in [0.1, 0.15) is 34.1 Å². The van der Waals surface area contributed by atoms with E-state index in [1.807, 2.05) is 0 Å². The first kappa shape index (κ1) is 20.3. The van der Waals surface area contributed by atoms with Crippen molar-refractivity contribution in [3.05, 3.63) is 12.7 Å². The van der Waals surface area contributed by atoms with Gasteiger partial charge in [0.15, 0.2) is 5.78 Å². The average molecular weight is 342 g/mol. The van der Waals surface area contributed by atoms with Crippen LogP contribution in [0.25, 0.3) is 0 Å². The quantitative estimate of drug-likeness (QED) is 0.535. The number of carbonyl (C=O) groups is 3. The van der Waals surface area contributed by atoms with E-state index in [9.17, 15) is 14.4 Å². The zero-order chi connectivity index (χ0) is 18.5.